The standard InChI is InChI=1S/C20H21BrFN5O/c21-17-6-3-5-16(19(17)22)20(28)26-12-10-25(11-13-26)14-15-4-1-2-9-27(15)18-7-8-23-24-18/h1-8H,9-14H2,(H,23,24). The third-order valence-corrected chi connectivity index (χ3v) is 5.68. The molecule has 0 spiro atoms. The normalized spacial score (nSPS) is 17.7. The Kier molecular flexibility index (Phi) is 5.59. The fourth-order valence-electron chi connectivity index (χ4n) is 3.52. The molecule has 4 rings (SSSR count). The summed E-state index contributed by atoms with van der Waals surface area (Å²) in [6, 6.07) is 6.78. The first-order valence-electron chi connectivity index (χ1n) is 9.22. The van der Waals surface area contributed by atoms with Crippen molar-refractivity contribution < 1.29 is 9.18 Å². The number of H-pyrrole nitrogens is 1. The van der Waals surface area contributed by atoms with Crippen molar-refractivity contribution in [2.45, 2.75) is 0 Å². The van der Waals surface area contributed by atoms with Gasteiger partial charge in [0.05, 0.1) is 16.2 Å². The average molecular weight is 446 g/mol. The maximum atomic E-state index is 14.2. The second-order valence-electron chi connectivity index (χ2n) is 6.81. The van der Waals surface area contributed by atoms with Crippen LogP contribution in [0.3, 0.4) is 0 Å². The molecule has 1 saturated heterocycles. The number of aromatic nitrogens is 2. The third kappa shape index (κ3) is 3.88. The Hall–Kier alpha value is -2.45. The number of carbonyl (C=O) groups excluding carboxylic acids is 1. The van der Waals surface area contributed by atoms with Crippen molar-refractivity contribution in [1.29, 1.82) is 0 Å². The van der Waals surface area contributed by atoms with Gasteiger partial charge >= 0.3 is 0 Å². The summed E-state index contributed by atoms with van der Waals surface area (Å²) in [6.45, 7) is 4.25. The molecule has 8 heteroatoms. The number of hydrogen-bond acceptors (Lipinski definition) is 4. The summed E-state index contributed by atoms with van der Waals surface area (Å²) in [7, 11) is 0. The molecular formula is C20H21BrFN5O. The van der Waals surface area contributed by atoms with Crippen LogP contribution in [0.5, 0.6) is 0 Å². The van der Waals surface area contributed by atoms with Crippen LogP contribution in [-0.2, 0) is 0 Å². The maximum Gasteiger partial charge on any atom is 0.256 e. The van der Waals surface area contributed by atoms with Crippen LogP contribution in [0.1, 0.15) is 10.4 Å². The van der Waals surface area contributed by atoms with Crippen LogP contribution in [-0.4, -0.2) is 65.2 Å². The van der Waals surface area contributed by atoms with Gasteiger partial charge in [-0.1, -0.05) is 18.2 Å². The number of anilines is 1. The van der Waals surface area contributed by atoms with Gasteiger partial charge < -0.3 is 9.80 Å². The van der Waals surface area contributed by atoms with E-state index in [9.17, 15) is 9.18 Å². The smallest absolute Gasteiger partial charge is 0.256 e. The Morgan fingerprint density at radius 3 is 2.79 bits per heavy atom. The van der Waals surface area contributed by atoms with Gasteiger partial charge in [-0.2, -0.15) is 5.10 Å². The molecule has 0 unspecified atom stereocenters. The molecular weight excluding hydrogens is 425 g/mol. The molecule has 2 aromatic rings. The van der Waals surface area contributed by atoms with Crippen molar-refractivity contribution in [2.24, 2.45) is 0 Å². The SMILES string of the molecule is O=C(c1cccc(Br)c1F)N1CCN(CC2=CC=CCN2c2ccn[nH]2)CC1. The van der Waals surface area contributed by atoms with Gasteiger partial charge in [0.25, 0.3) is 5.91 Å². The fourth-order valence-corrected chi connectivity index (χ4v) is 3.89. The van der Waals surface area contributed by atoms with Crippen LogP contribution in [0.4, 0.5) is 10.2 Å². The van der Waals surface area contributed by atoms with Gasteiger partial charge in [0.15, 0.2) is 0 Å². The first-order chi connectivity index (χ1) is 13.6. The van der Waals surface area contributed by atoms with Crippen LogP contribution < -0.4 is 4.90 Å². The highest BCUT2D eigenvalue weighted by molar-refractivity contribution is 9.10. The molecule has 1 fully saturated rings. The number of nitrogens with zero attached hydrogens (tertiary/aromatic N) is 4. The second kappa shape index (κ2) is 8.28. The van der Waals surface area contributed by atoms with E-state index in [1.54, 1.807) is 23.2 Å². The van der Waals surface area contributed by atoms with E-state index >= 15 is 0 Å². The summed E-state index contributed by atoms with van der Waals surface area (Å²) in [6.07, 6.45) is 8.03. The topological polar surface area (TPSA) is 55.5 Å². The van der Waals surface area contributed by atoms with Crippen LogP contribution in [0.25, 0.3) is 0 Å². The molecule has 1 N–H and O–H groups in total. The minimum atomic E-state index is -0.496. The molecule has 3 heterocycles. The Morgan fingerprint density at radius 2 is 2.04 bits per heavy atom. The van der Waals surface area contributed by atoms with Gasteiger partial charge in [-0.05, 0) is 34.1 Å². The molecule has 6 nitrogen and oxygen atoms in total. The van der Waals surface area contributed by atoms with Gasteiger partial charge in [-0.25, -0.2) is 4.39 Å². The van der Waals surface area contributed by atoms with E-state index in [-0.39, 0.29) is 11.5 Å². The van der Waals surface area contributed by atoms with E-state index in [4.69, 9.17) is 0 Å². The van der Waals surface area contributed by atoms with Crippen LogP contribution in [0.2, 0.25) is 0 Å². The highest BCUT2D eigenvalue weighted by atomic mass is 79.9. The molecule has 0 saturated carbocycles. The summed E-state index contributed by atoms with van der Waals surface area (Å²) in [5, 5.41) is 7.05. The molecule has 2 aliphatic heterocycles. The number of benzene rings is 1. The van der Waals surface area contributed by atoms with Gasteiger partial charge in [-0.15, -0.1) is 0 Å². The number of amides is 1. The lowest BCUT2D eigenvalue weighted by Gasteiger charge is -2.37. The Bertz CT molecular complexity index is 903. The fraction of sp³-hybridized carbons (Fsp3) is 0.300. The Balaban J connectivity index is 1.38. The molecule has 0 radical (unpaired) electrons. The molecule has 0 bridgehead atoms. The van der Waals surface area contributed by atoms with Gasteiger partial charge in [-0.3, -0.25) is 14.8 Å². The number of rotatable bonds is 4. The molecule has 0 aliphatic carbocycles. The van der Waals surface area contributed by atoms with Gasteiger partial charge in [0.2, 0.25) is 0 Å². The van der Waals surface area contributed by atoms with E-state index in [2.05, 4.69) is 54.2 Å². The molecule has 1 amide bonds. The second-order valence-corrected chi connectivity index (χ2v) is 7.66. The van der Waals surface area contributed by atoms with Crippen LogP contribution >= 0.6 is 15.9 Å². The summed E-state index contributed by atoms with van der Waals surface area (Å²) >= 11 is 3.15. The first-order valence-corrected chi connectivity index (χ1v) is 10.0. The van der Waals surface area contributed by atoms with Crippen molar-refractivity contribution in [1.82, 2.24) is 20.0 Å². The lowest BCUT2D eigenvalue weighted by Crippen LogP contribution is -2.50. The largest absolute Gasteiger partial charge is 0.336 e. The number of aromatic amines is 1. The summed E-state index contributed by atoms with van der Waals surface area (Å²) in [4.78, 5) is 18.9. The van der Waals surface area contributed by atoms with Crippen molar-refractivity contribution in [2.75, 3.05) is 44.2 Å². The average Bonchev–Trinajstić information content (AvgIpc) is 3.25. The molecule has 2 aliphatic rings. The van der Waals surface area contributed by atoms with E-state index in [0.29, 0.717) is 17.6 Å². The zero-order chi connectivity index (χ0) is 19.5. The molecule has 1 aromatic heterocycles. The molecule has 28 heavy (non-hydrogen) atoms. The quantitative estimate of drug-likeness (QED) is 0.785. The van der Waals surface area contributed by atoms with Crippen molar-refractivity contribution in [3.63, 3.8) is 0 Å². The molecule has 1 aromatic carbocycles. The highest BCUT2D eigenvalue weighted by Gasteiger charge is 2.26. The number of allylic oxidation sites excluding steroid dienone is 2. The van der Waals surface area contributed by atoms with Crippen molar-refractivity contribution >= 4 is 27.7 Å². The number of halogens is 2. The van der Waals surface area contributed by atoms with E-state index in [1.807, 2.05) is 6.07 Å². The summed E-state index contributed by atoms with van der Waals surface area (Å²) < 4.78 is 14.6. The number of hydrogen-bond donors (Lipinski definition) is 1. The Labute approximate surface area is 171 Å². The lowest BCUT2D eigenvalue weighted by molar-refractivity contribution is 0.0642. The van der Waals surface area contributed by atoms with Crippen molar-refractivity contribution in [3.05, 3.63) is 70.2 Å². The predicted octanol–water partition coefficient (Wildman–Crippen LogP) is 3.03. The zero-order valence-corrected chi connectivity index (χ0v) is 16.9. The number of piperazine rings is 1. The minimum Gasteiger partial charge on any atom is -0.336 e. The van der Waals surface area contributed by atoms with Crippen LogP contribution in [0.15, 0.2) is 58.9 Å². The monoisotopic (exact) mass is 445 g/mol. The van der Waals surface area contributed by atoms with Gasteiger partial charge in [0, 0.05) is 51.0 Å². The minimum absolute atomic E-state index is 0.119. The highest BCUT2D eigenvalue weighted by Crippen LogP contribution is 2.22. The summed E-state index contributed by atoms with van der Waals surface area (Å²) in [5.41, 5.74) is 1.30. The molecule has 146 valence electrons. The number of nitrogens with one attached hydrogen (secondary N) is 1. The Morgan fingerprint density at radius 1 is 1.21 bits per heavy atom. The molecule has 0 atom stereocenters. The first kappa shape index (κ1) is 18.9. The zero-order valence-electron chi connectivity index (χ0n) is 15.3. The predicted molar refractivity (Wildman–Crippen MR) is 110 cm³/mol. The van der Waals surface area contributed by atoms with E-state index in [0.717, 1.165) is 32.0 Å². The maximum absolute atomic E-state index is 14.2. The lowest BCUT2D eigenvalue weighted by atomic mass is 10.1. The van der Waals surface area contributed by atoms with Crippen molar-refractivity contribution in [3.8, 4) is 0 Å². The third-order valence-electron chi connectivity index (χ3n) is 5.06. The number of carbonyl (C=O) groups is 1. The summed E-state index contributed by atoms with van der Waals surface area (Å²) in [5.74, 6) is 0.219. The van der Waals surface area contributed by atoms with E-state index in [1.165, 1.54) is 11.8 Å². The van der Waals surface area contributed by atoms with Gasteiger partial charge in [0.1, 0.15) is 11.6 Å². The van der Waals surface area contributed by atoms with Crippen LogP contribution in [0, 0.1) is 5.82 Å². The van der Waals surface area contributed by atoms with E-state index < -0.39 is 5.82 Å².